The molecule has 0 radical (unpaired) electrons. The number of amides is 2. The van der Waals surface area contributed by atoms with Gasteiger partial charge in [0.25, 0.3) is 11.8 Å². The molecule has 5 nitrogen and oxygen atoms in total. The molecule has 0 fully saturated rings. The van der Waals surface area contributed by atoms with Crippen LogP contribution in [0.2, 0.25) is 0 Å². The van der Waals surface area contributed by atoms with Gasteiger partial charge in [-0.2, -0.15) is 0 Å². The van der Waals surface area contributed by atoms with Gasteiger partial charge in [0.05, 0.1) is 16.1 Å². The third kappa shape index (κ3) is 4.13. The van der Waals surface area contributed by atoms with Crippen LogP contribution >= 0.6 is 11.3 Å². The fourth-order valence-electron chi connectivity index (χ4n) is 2.12. The molecule has 0 aliphatic heterocycles. The summed E-state index contributed by atoms with van der Waals surface area (Å²) in [4.78, 5) is 24.5. The second-order valence-corrected chi connectivity index (χ2v) is 6.45. The summed E-state index contributed by atoms with van der Waals surface area (Å²) in [5.41, 5.74) is 1.24. The van der Waals surface area contributed by atoms with Gasteiger partial charge >= 0.3 is 0 Å². The topological polar surface area (TPSA) is 71.3 Å². The third-order valence-corrected chi connectivity index (χ3v) is 4.50. The molecule has 2 heterocycles. The van der Waals surface area contributed by atoms with Crippen molar-refractivity contribution in [1.29, 1.82) is 0 Å². The molecule has 3 aromatic rings. The Bertz CT molecular complexity index is 903. The number of benzene rings is 1. The molecule has 2 aromatic heterocycles. The predicted octanol–water partition coefficient (Wildman–Crippen LogP) is 3.97. The van der Waals surface area contributed by atoms with Gasteiger partial charge in [-0.05, 0) is 48.4 Å². The van der Waals surface area contributed by atoms with Crippen LogP contribution in [-0.2, 0) is 6.54 Å². The van der Waals surface area contributed by atoms with Gasteiger partial charge < -0.3 is 15.1 Å². The molecule has 128 valence electrons. The van der Waals surface area contributed by atoms with Crippen molar-refractivity contribution in [1.82, 2.24) is 5.32 Å². The van der Waals surface area contributed by atoms with Gasteiger partial charge in [0.15, 0.2) is 5.76 Å². The Morgan fingerprint density at radius 3 is 2.72 bits per heavy atom. The minimum absolute atomic E-state index is 0.195. The molecule has 2 amide bonds. The number of hydrogen-bond acceptors (Lipinski definition) is 4. The number of hydrogen-bond donors (Lipinski definition) is 2. The maximum absolute atomic E-state index is 13.5. The van der Waals surface area contributed by atoms with E-state index in [4.69, 9.17) is 4.42 Å². The lowest BCUT2D eigenvalue weighted by molar-refractivity contribution is 0.0953. The zero-order chi connectivity index (χ0) is 17.8. The number of thiophene rings is 1. The molecule has 3 rings (SSSR count). The lowest BCUT2D eigenvalue weighted by Gasteiger charge is -2.05. The van der Waals surface area contributed by atoms with Crippen molar-refractivity contribution in [2.45, 2.75) is 13.5 Å². The minimum atomic E-state index is -0.381. The van der Waals surface area contributed by atoms with Crippen LogP contribution in [0.3, 0.4) is 0 Å². The molecule has 0 aliphatic carbocycles. The fourth-order valence-corrected chi connectivity index (χ4v) is 2.94. The van der Waals surface area contributed by atoms with Crippen molar-refractivity contribution in [3.05, 3.63) is 76.3 Å². The van der Waals surface area contributed by atoms with Crippen molar-refractivity contribution in [2.75, 3.05) is 5.32 Å². The molecule has 0 atom stereocenters. The van der Waals surface area contributed by atoms with Crippen LogP contribution in [-0.4, -0.2) is 11.8 Å². The first-order valence-electron chi connectivity index (χ1n) is 7.51. The molecule has 0 saturated carbocycles. The van der Waals surface area contributed by atoms with Crippen LogP contribution in [0.15, 0.2) is 53.1 Å². The highest BCUT2D eigenvalue weighted by atomic mass is 32.1. The Kier molecular flexibility index (Phi) is 4.95. The van der Waals surface area contributed by atoms with Crippen LogP contribution in [0.25, 0.3) is 0 Å². The standard InChI is InChI=1S/C18H15FN2O3S/c1-11-4-5-12(9-13(11)19)10-20-18(23)15-6-7-16(25-15)21-17(22)14-3-2-8-24-14/h2-9H,10H2,1H3,(H,20,23)(H,21,22). The van der Waals surface area contributed by atoms with Crippen LogP contribution in [0.4, 0.5) is 9.39 Å². The second-order valence-electron chi connectivity index (χ2n) is 5.36. The Labute approximate surface area is 147 Å². The summed E-state index contributed by atoms with van der Waals surface area (Å²) < 4.78 is 18.5. The van der Waals surface area contributed by atoms with Gasteiger partial charge in [-0.3, -0.25) is 9.59 Å². The van der Waals surface area contributed by atoms with Crippen molar-refractivity contribution in [3.63, 3.8) is 0 Å². The van der Waals surface area contributed by atoms with E-state index in [1.54, 1.807) is 43.3 Å². The van der Waals surface area contributed by atoms with E-state index in [1.807, 2.05) is 0 Å². The van der Waals surface area contributed by atoms with E-state index in [9.17, 15) is 14.0 Å². The van der Waals surface area contributed by atoms with Crippen LogP contribution < -0.4 is 10.6 Å². The zero-order valence-corrected chi connectivity index (χ0v) is 14.2. The minimum Gasteiger partial charge on any atom is -0.459 e. The number of nitrogens with one attached hydrogen (secondary N) is 2. The van der Waals surface area contributed by atoms with Gasteiger partial charge in [-0.25, -0.2) is 4.39 Å². The first-order chi connectivity index (χ1) is 12.0. The predicted molar refractivity (Wildman–Crippen MR) is 93.3 cm³/mol. The van der Waals surface area contributed by atoms with E-state index in [2.05, 4.69) is 10.6 Å². The van der Waals surface area contributed by atoms with Crippen LogP contribution in [0.1, 0.15) is 31.4 Å². The molecule has 0 aliphatic rings. The number of aryl methyl sites for hydroxylation is 1. The van der Waals surface area contributed by atoms with E-state index in [0.717, 1.165) is 11.3 Å². The molecular formula is C18H15FN2O3S. The summed E-state index contributed by atoms with van der Waals surface area (Å²) in [6.45, 7) is 1.91. The van der Waals surface area contributed by atoms with Gasteiger partial charge in [-0.15, -0.1) is 11.3 Å². The van der Waals surface area contributed by atoms with Crippen LogP contribution in [0.5, 0.6) is 0 Å². The maximum atomic E-state index is 13.5. The highest BCUT2D eigenvalue weighted by molar-refractivity contribution is 7.18. The van der Waals surface area contributed by atoms with Gasteiger partial charge in [-0.1, -0.05) is 12.1 Å². The lowest BCUT2D eigenvalue weighted by atomic mass is 10.1. The number of carbonyl (C=O) groups is 2. The SMILES string of the molecule is Cc1ccc(CNC(=O)c2ccc(NC(=O)c3ccco3)s2)cc1F. The number of anilines is 1. The molecule has 0 bridgehead atoms. The first-order valence-corrected chi connectivity index (χ1v) is 8.32. The summed E-state index contributed by atoms with van der Waals surface area (Å²) in [6, 6.07) is 11.3. The molecule has 1 aromatic carbocycles. The molecule has 2 N–H and O–H groups in total. The van der Waals surface area contributed by atoms with Crippen molar-refractivity contribution < 1.29 is 18.4 Å². The number of furan rings is 1. The van der Waals surface area contributed by atoms with Gasteiger partial charge in [0, 0.05) is 6.54 Å². The monoisotopic (exact) mass is 358 g/mol. The smallest absolute Gasteiger partial charge is 0.291 e. The average Bonchev–Trinajstić information content (AvgIpc) is 3.27. The second kappa shape index (κ2) is 7.31. The lowest BCUT2D eigenvalue weighted by Crippen LogP contribution is -2.21. The van der Waals surface area contributed by atoms with E-state index >= 15 is 0 Å². The average molecular weight is 358 g/mol. The first kappa shape index (κ1) is 16.9. The quantitative estimate of drug-likeness (QED) is 0.725. The zero-order valence-electron chi connectivity index (χ0n) is 13.3. The Balaban J connectivity index is 1.58. The number of carbonyl (C=O) groups excluding carboxylic acids is 2. The highest BCUT2D eigenvalue weighted by Gasteiger charge is 2.13. The van der Waals surface area contributed by atoms with E-state index in [0.29, 0.717) is 21.0 Å². The van der Waals surface area contributed by atoms with E-state index < -0.39 is 0 Å². The molecule has 7 heteroatoms. The molecule has 0 unspecified atom stereocenters. The highest BCUT2D eigenvalue weighted by Crippen LogP contribution is 2.22. The fraction of sp³-hybridized carbons (Fsp3) is 0.111. The van der Waals surface area contributed by atoms with Crippen molar-refractivity contribution in [3.8, 4) is 0 Å². The summed E-state index contributed by atoms with van der Waals surface area (Å²) in [7, 11) is 0. The number of halogens is 1. The normalized spacial score (nSPS) is 10.5. The number of rotatable bonds is 5. The molecule has 25 heavy (non-hydrogen) atoms. The van der Waals surface area contributed by atoms with Crippen molar-refractivity contribution >= 4 is 28.2 Å². The maximum Gasteiger partial charge on any atom is 0.291 e. The Morgan fingerprint density at radius 1 is 1.16 bits per heavy atom. The molecule has 0 saturated heterocycles. The summed E-state index contributed by atoms with van der Waals surface area (Å²) in [6.07, 6.45) is 1.41. The van der Waals surface area contributed by atoms with Gasteiger partial charge in [0.2, 0.25) is 0 Å². The summed E-state index contributed by atoms with van der Waals surface area (Å²) in [5, 5.41) is 5.93. The summed E-state index contributed by atoms with van der Waals surface area (Å²) >= 11 is 1.15. The van der Waals surface area contributed by atoms with E-state index in [-0.39, 0.29) is 29.9 Å². The van der Waals surface area contributed by atoms with Crippen molar-refractivity contribution in [2.24, 2.45) is 0 Å². The van der Waals surface area contributed by atoms with Crippen LogP contribution in [0, 0.1) is 12.7 Å². The molecule has 0 spiro atoms. The molecular weight excluding hydrogens is 343 g/mol. The van der Waals surface area contributed by atoms with E-state index in [1.165, 1.54) is 12.3 Å². The third-order valence-electron chi connectivity index (χ3n) is 3.50. The van der Waals surface area contributed by atoms with Gasteiger partial charge in [0.1, 0.15) is 5.82 Å². The summed E-state index contributed by atoms with van der Waals surface area (Å²) in [5.74, 6) is -0.773. The Morgan fingerprint density at radius 2 is 2.00 bits per heavy atom. The Hall–Kier alpha value is -2.93. The largest absolute Gasteiger partial charge is 0.459 e.